The average molecular weight is 251 g/mol. The maximum absolute atomic E-state index is 8.79. The highest BCUT2D eigenvalue weighted by Crippen LogP contribution is 2.19. The van der Waals surface area contributed by atoms with Gasteiger partial charge in [-0.25, -0.2) is 0 Å². The van der Waals surface area contributed by atoms with E-state index in [2.05, 4.69) is 20.3 Å². The summed E-state index contributed by atoms with van der Waals surface area (Å²) in [5, 5.41) is 19.8. The molecule has 0 radical (unpaired) electrons. The van der Waals surface area contributed by atoms with E-state index in [1.165, 1.54) is 6.20 Å². The fourth-order valence-corrected chi connectivity index (χ4v) is 2.00. The predicted molar refractivity (Wildman–Crippen MR) is 66.8 cm³/mol. The Bertz CT molecular complexity index is 437. The third kappa shape index (κ3) is 2.67. The first-order valence-electron chi connectivity index (χ1n) is 5.88. The smallest absolute Gasteiger partial charge is 0.173 e. The van der Waals surface area contributed by atoms with Crippen LogP contribution in [0, 0.1) is 0 Å². The minimum absolute atomic E-state index is 0.0396. The summed E-state index contributed by atoms with van der Waals surface area (Å²) in [4.78, 5) is 2.05. The van der Waals surface area contributed by atoms with Gasteiger partial charge < -0.3 is 20.6 Å². The molecule has 1 aliphatic rings. The van der Waals surface area contributed by atoms with Gasteiger partial charge in [0.2, 0.25) is 0 Å². The summed E-state index contributed by atoms with van der Waals surface area (Å²) in [6.07, 6.45) is 2.56. The lowest BCUT2D eigenvalue weighted by Gasteiger charge is -2.24. The second-order valence-electron chi connectivity index (χ2n) is 4.23. The minimum atomic E-state index is 0.0396. The Labute approximate surface area is 105 Å². The molecule has 1 aliphatic heterocycles. The molecule has 7 heteroatoms. The van der Waals surface area contributed by atoms with Crippen molar-refractivity contribution in [3.05, 3.63) is 17.8 Å². The largest absolute Gasteiger partial charge is 0.409 e. The Morgan fingerprint density at radius 3 is 3.28 bits per heavy atom. The van der Waals surface area contributed by atoms with Crippen molar-refractivity contribution >= 4 is 11.7 Å². The van der Waals surface area contributed by atoms with Gasteiger partial charge >= 0.3 is 0 Å². The van der Waals surface area contributed by atoms with E-state index >= 15 is 0 Å². The highest BCUT2D eigenvalue weighted by molar-refractivity contribution is 6.01. The zero-order valence-corrected chi connectivity index (χ0v) is 10.3. The average Bonchev–Trinajstić information content (AvgIpc) is 2.62. The molecule has 0 saturated carbocycles. The van der Waals surface area contributed by atoms with Crippen molar-refractivity contribution in [2.24, 2.45) is 10.9 Å². The van der Waals surface area contributed by atoms with Crippen molar-refractivity contribution < 1.29 is 9.94 Å². The first-order valence-corrected chi connectivity index (χ1v) is 5.88. The topological polar surface area (TPSA) is 96.9 Å². The molecular formula is C11H17N5O2. The Balaban J connectivity index is 2.31. The molecule has 1 aromatic rings. The molecule has 0 spiro atoms. The summed E-state index contributed by atoms with van der Waals surface area (Å²) in [5.74, 6) is 0.669. The number of amidine groups is 1. The molecule has 0 bridgehead atoms. The van der Waals surface area contributed by atoms with Crippen LogP contribution in [0.15, 0.2) is 17.4 Å². The lowest BCUT2D eigenvalue weighted by molar-refractivity contribution is 0.0820. The van der Waals surface area contributed by atoms with Crippen molar-refractivity contribution in [3.8, 4) is 0 Å². The van der Waals surface area contributed by atoms with E-state index in [0.29, 0.717) is 17.9 Å². The van der Waals surface area contributed by atoms with E-state index in [1.807, 2.05) is 6.92 Å². The van der Waals surface area contributed by atoms with Crippen LogP contribution in [-0.4, -0.2) is 47.0 Å². The number of oxime groups is 1. The molecule has 2 rings (SSSR count). The Kier molecular flexibility index (Phi) is 3.93. The lowest BCUT2D eigenvalue weighted by atomic mass is 10.2. The zero-order valence-electron chi connectivity index (χ0n) is 10.3. The SMILES string of the molecule is CC1CN(c2nnccc2/C(N)=N/O)CCCO1. The monoisotopic (exact) mass is 251 g/mol. The first kappa shape index (κ1) is 12.6. The molecule has 1 fully saturated rings. The summed E-state index contributed by atoms with van der Waals surface area (Å²) in [7, 11) is 0. The molecule has 0 aliphatic carbocycles. The maximum Gasteiger partial charge on any atom is 0.173 e. The number of aromatic nitrogens is 2. The number of rotatable bonds is 2. The molecule has 1 unspecified atom stereocenters. The molecule has 1 saturated heterocycles. The van der Waals surface area contributed by atoms with Crippen molar-refractivity contribution in [2.45, 2.75) is 19.4 Å². The van der Waals surface area contributed by atoms with Crippen LogP contribution < -0.4 is 10.6 Å². The van der Waals surface area contributed by atoms with E-state index in [0.717, 1.165) is 19.6 Å². The van der Waals surface area contributed by atoms with Gasteiger partial charge in [0.1, 0.15) is 0 Å². The van der Waals surface area contributed by atoms with E-state index in [1.54, 1.807) is 6.07 Å². The van der Waals surface area contributed by atoms with E-state index in [-0.39, 0.29) is 11.9 Å². The number of ether oxygens (including phenoxy) is 1. The third-order valence-electron chi connectivity index (χ3n) is 2.84. The summed E-state index contributed by atoms with van der Waals surface area (Å²) < 4.78 is 5.58. The molecule has 2 heterocycles. The van der Waals surface area contributed by atoms with Gasteiger partial charge in [-0.2, -0.15) is 5.10 Å². The molecule has 98 valence electrons. The molecule has 0 amide bonds. The number of hydrogen-bond acceptors (Lipinski definition) is 6. The van der Waals surface area contributed by atoms with Gasteiger partial charge in [-0.05, 0) is 19.4 Å². The van der Waals surface area contributed by atoms with Crippen LogP contribution in [0.25, 0.3) is 0 Å². The second-order valence-corrected chi connectivity index (χ2v) is 4.23. The van der Waals surface area contributed by atoms with E-state index in [4.69, 9.17) is 15.7 Å². The van der Waals surface area contributed by atoms with Crippen LogP contribution in [0.2, 0.25) is 0 Å². The van der Waals surface area contributed by atoms with Crippen molar-refractivity contribution in [1.29, 1.82) is 0 Å². The molecule has 1 atom stereocenters. The van der Waals surface area contributed by atoms with Crippen LogP contribution >= 0.6 is 0 Å². The third-order valence-corrected chi connectivity index (χ3v) is 2.84. The molecule has 18 heavy (non-hydrogen) atoms. The lowest BCUT2D eigenvalue weighted by Crippen LogP contribution is -2.33. The first-order chi connectivity index (χ1) is 8.72. The summed E-state index contributed by atoms with van der Waals surface area (Å²) in [6, 6.07) is 1.69. The van der Waals surface area contributed by atoms with Crippen LogP contribution in [0.3, 0.4) is 0 Å². The summed E-state index contributed by atoms with van der Waals surface area (Å²) in [5.41, 5.74) is 6.23. The molecule has 7 nitrogen and oxygen atoms in total. The van der Waals surface area contributed by atoms with Crippen LogP contribution in [0.4, 0.5) is 5.82 Å². The maximum atomic E-state index is 8.79. The van der Waals surface area contributed by atoms with Gasteiger partial charge in [0.05, 0.1) is 17.9 Å². The predicted octanol–water partition coefficient (Wildman–Crippen LogP) is 0.186. The summed E-state index contributed by atoms with van der Waals surface area (Å²) in [6.45, 7) is 4.27. The number of hydrogen-bond donors (Lipinski definition) is 2. The van der Waals surface area contributed by atoms with Crippen LogP contribution in [-0.2, 0) is 4.74 Å². The van der Waals surface area contributed by atoms with Gasteiger partial charge in [-0.15, -0.1) is 5.10 Å². The summed E-state index contributed by atoms with van der Waals surface area (Å²) >= 11 is 0. The minimum Gasteiger partial charge on any atom is -0.409 e. The van der Waals surface area contributed by atoms with E-state index in [9.17, 15) is 0 Å². The Morgan fingerprint density at radius 2 is 2.50 bits per heavy atom. The number of nitrogens with two attached hydrogens (primary N) is 1. The van der Waals surface area contributed by atoms with Crippen LogP contribution in [0.5, 0.6) is 0 Å². The molecular weight excluding hydrogens is 234 g/mol. The zero-order chi connectivity index (χ0) is 13.0. The van der Waals surface area contributed by atoms with Gasteiger partial charge in [-0.3, -0.25) is 0 Å². The van der Waals surface area contributed by atoms with Gasteiger partial charge in [-0.1, -0.05) is 5.16 Å². The van der Waals surface area contributed by atoms with Crippen molar-refractivity contribution in [1.82, 2.24) is 10.2 Å². The van der Waals surface area contributed by atoms with E-state index < -0.39 is 0 Å². The van der Waals surface area contributed by atoms with Crippen molar-refractivity contribution in [2.75, 3.05) is 24.6 Å². The standard InChI is InChI=1S/C11H17N5O2/c1-8-7-16(5-2-6-18-8)11-9(10(12)15-17)3-4-13-14-11/h3-4,8,17H,2,5-7H2,1H3,(H2,12,15). The molecule has 3 N–H and O–H groups in total. The van der Waals surface area contributed by atoms with Gasteiger partial charge in [0.25, 0.3) is 0 Å². The fraction of sp³-hybridized carbons (Fsp3) is 0.545. The normalized spacial score (nSPS) is 21.7. The van der Waals surface area contributed by atoms with Crippen molar-refractivity contribution in [3.63, 3.8) is 0 Å². The fourth-order valence-electron chi connectivity index (χ4n) is 2.00. The quantitative estimate of drug-likeness (QED) is 0.337. The van der Waals surface area contributed by atoms with Gasteiger partial charge in [0, 0.05) is 19.7 Å². The molecule has 0 aromatic carbocycles. The molecule has 1 aromatic heterocycles. The van der Waals surface area contributed by atoms with Gasteiger partial charge in [0.15, 0.2) is 11.7 Å². The number of nitrogens with zero attached hydrogens (tertiary/aromatic N) is 4. The highest BCUT2D eigenvalue weighted by Gasteiger charge is 2.20. The highest BCUT2D eigenvalue weighted by atomic mass is 16.5. The van der Waals surface area contributed by atoms with Crippen LogP contribution in [0.1, 0.15) is 18.9 Å². The Hall–Kier alpha value is -1.89. The second kappa shape index (κ2) is 5.63. The number of anilines is 1. The Morgan fingerprint density at radius 1 is 1.67 bits per heavy atom.